The van der Waals surface area contributed by atoms with E-state index in [9.17, 15) is 0 Å². The lowest BCUT2D eigenvalue weighted by Crippen LogP contribution is -2.23. The summed E-state index contributed by atoms with van der Waals surface area (Å²) in [6, 6.07) is 6.37. The Morgan fingerprint density at radius 1 is 1.25 bits per heavy atom. The minimum atomic E-state index is 0.324. The largest absolute Gasteiger partial charge is 0.497 e. The third kappa shape index (κ3) is 3.62. The van der Waals surface area contributed by atoms with Gasteiger partial charge in [-0.15, -0.1) is 10.2 Å². The van der Waals surface area contributed by atoms with Crippen molar-refractivity contribution in [3.05, 3.63) is 28.8 Å². The van der Waals surface area contributed by atoms with Gasteiger partial charge in [0.2, 0.25) is 0 Å². The highest BCUT2D eigenvalue weighted by molar-refractivity contribution is 7.13. The summed E-state index contributed by atoms with van der Waals surface area (Å²) in [7, 11) is 3.37. The van der Waals surface area contributed by atoms with E-state index in [1.807, 2.05) is 19.1 Å². The van der Waals surface area contributed by atoms with Gasteiger partial charge in [0.15, 0.2) is 0 Å². The van der Waals surface area contributed by atoms with E-state index in [0.29, 0.717) is 17.8 Å². The lowest BCUT2D eigenvalue weighted by atomic mass is 10.0. The molecule has 130 valence electrons. The Hall–Kier alpha value is -1.86. The van der Waals surface area contributed by atoms with Gasteiger partial charge in [-0.1, -0.05) is 17.4 Å². The normalized spacial score (nSPS) is 17.9. The molecule has 0 spiro atoms. The van der Waals surface area contributed by atoms with Gasteiger partial charge in [0, 0.05) is 17.7 Å². The Kier molecular flexibility index (Phi) is 5.52. The van der Waals surface area contributed by atoms with Crippen LogP contribution in [0.1, 0.15) is 36.4 Å². The number of hydrogen-bond donors (Lipinski definition) is 0. The van der Waals surface area contributed by atoms with Crippen LogP contribution in [0.4, 0.5) is 0 Å². The summed E-state index contributed by atoms with van der Waals surface area (Å²) in [5, 5.41) is 9.96. The lowest BCUT2D eigenvalue weighted by Gasteiger charge is -2.25. The predicted octanol–water partition coefficient (Wildman–Crippen LogP) is 3.29. The van der Waals surface area contributed by atoms with Crippen molar-refractivity contribution < 1.29 is 14.2 Å². The van der Waals surface area contributed by atoms with Crippen molar-refractivity contribution in [3.8, 4) is 16.7 Å². The molecule has 1 aliphatic heterocycles. The summed E-state index contributed by atoms with van der Waals surface area (Å²) in [4.78, 5) is 2.43. The van der Waals surface area contributed by atoms with Crippen LogP contribution in [-0.4, -0.2) is 42.5 Å². The molecule has 2 aromatic rings. The molecule has 0 N–H and O–H groups in total. The minimum Gasteiger partial charge on any atom is -0.497 e. The van der Waals surface area contributed by atoms with Crippen molar-refractivity contribution in [2.45, 2.75) is 32.4 Å². The summed E-state index contributed by atoms with van der Waals surface area (Å²) in [5.74, 6) is 1.68. The predicted molar refractivity (Wildman–Crippen MR) is 93.0 cm³/mol. The molecule has 1 aromatic carbocycles. The van der Waals surface area contributed by atoms with Crippen LogP contribution in [-0.2, 0) is 6.54 Å². The Bertz CT molecular complexity index is 677. The van der Waals surface area contributed by atoms with Crippen LogP contribution < -0.4 is 14.2 Å². The average molecular weight is 349 g/mol. The number of methoxy groups -OCH3 is 2. The molecule has 1 aromatic heterocycles. The summed E-state index contributed by atoms with van der Waals surface area (Å²) < 4.78 is 16.3. The number of hydrogen-bond acceptors (Lipinski definition) is 7. The number of benzene rings is 1. The van der Waals surface area contributed by atoms with Crippen molar-refractivity contribution in [2.75, 3.05) is 27.4 Å². The maximum absolute atomic E-state index is 5.58. The number of nitrogens with zero attached hydrogens (tertiary/aromatic N) is 3. The zero-order valence-electron chi connectivity index (χ0n) is 14.3. The SMILES string of the molecule is CCOc1nnc(CN2CCCC2c2ccc(OC)cc2OC)s1. The van der Waals surface area contributed by atoms with E-state index in [1.54, 1.807) is 14.2 Å². The van der Waals surface area contributed by atoms with Crippen LogP contribution in [0.3, 0.4) is 0 Å². The average Bonchev–Trinajstić information content (AvgIpc) is 3.24. The van der Waals surface area contributed by atoms with Crippen molar-refractivity contribution in [1.82, 2.24) is 15.1 Å². The van der Waals surface area contributed by atoms with E-state index in [1.165, 1.54) is 16.9 Å². The van der Waals surface area contributed by atoms with Crippen molar-refractivity contribution in [2.24, 2.45) is 0 Å². The number of ether oxygens (including phenoxy) is 3. The first-order valence-corrected chi connectivity index (χ1v) is 8.98. The minimum absolute atomic E-state index is 0.324. The molecule has 7 heteroatoms. The van der Waals surface area contributed by atoms with E-state index in [-0.39, 0.29) is 0 Å². The van der Waals surface area contributed by atoms with E-state index in [0.717, 1.165) is 42.4 Å². The van der Waals surface area contributed by atoms with Gasteiger partial charge >= 0.3 is 0 Å². The molecule has 1 aliphatic rings. The van der Waals surface area contributed by atoms with E-state index in [4.69, 9.17) is 14.2 Å². The first kappa shape index (κ1) is 17.0. The molecule has 6 nitrogen and oxygen atoms in total. The number of rotatable bonds is 7. The lowest BCUT2D eigenvalue weighted by molar-refractivity contribution is 0.242. The Morgan fingerprint density at radius 3 is 2.88 bits per heavy atom. The van der Waals surface area contributed by atoms with Crippen LogP contribution in [0.15, 0.2) is 18.2 Å². The van der Waals surface area contributed by atoms with Gasteiger partial charge in [-0.25, -0.2) is 0 Å². The molecule has 1 fully saturated rings. The first-order valence-electron chi connectivity index (χ1n) is 8.16. The molecule has 0 amide bonds. The molecule has 1 unspecified atom stereocenters. The van der Waals surface area contributed by atoms with Gasteiger partial charge in [-0.2, -0.15) is 0 Å². The van der Waals surface area contributed by atoms with Crippen LogP contribution in [0.5, 0.6) is 16.7 Å². The highest BCUT2D eigenvalue weighted by Gasteiger charge is 2.29. The van der Waals surface area contributed by atoms with Gasteiger partial charge in [0.1, 0.15) is 16.5 Å². The molecule has 0 saturated carbocycles. The topological polar surface area (TPSA) is 56.7 Å². The fourth-order valence-corrected chi connectivity index (χ4v) is 3.89. The molecule has 1 saturated heterocycles. The molecule has 3 rings (SSSR count). The summed E-state index contributed by atoms with van der Waals surface area (Å²) in [5.41, 5.74) is 1.20. The van der Waals surface area contributed by atoms with Gasteiger partial charge in [0.05, 0.1) is 27.4 Å². The van der Waals surface area contributed by atoms with Crippen molar-refractivity contribution in [3.63, 3.8) is 0 Å². The van der Waals surface area contributed by atoms with E-state index in [2.05, 4.69) is 21.2 Å². The van der Waals surface area contributed by atoms with Gasteiger partial charge < -0.3 is 14.2 Å². The molecular formula is C17H23N3O3S. The van der Waals surface area contributed by atoms with Crippen molar-refractivity contribution in [1.29, 1.82) is 0 Å². The zero-order chi connectivity index (χ0) is 16.9. The Balaban J connectivity index is 1.77. The standard InChI is InChI=1S/C17H23N3O3S/c1-4-23-17-19-18-16(24-17)11-20-9-5-6-14(20)13-8-7-12(21-2)10-15(13)22-3/h7-8,10,14H,4-6,9,11H2,1-3H3. The molecule has 0 bridgehead atoms. The van der Waals surface area contributed by atoms with Gasteiger partial charge in [-0.05, 0) is 32.4 Å². The highest BCUT2D eigenvalue weighted by atomic mass is 32.1. The molecular weight excluding hydrogens is 326 g/mol. The second-order valence-corrected chi connectivity index (χ2v) is 6.66. The number of likely N-dealkylation sites (tertiary alicyclic amines) is 1. The Labute approximate surface area is 146 Å². The Morgan fingerprint density at radius 2 is 2.12 bits per heavy atom. The maximum Gasteiger partial charge on any atom is 0.294 e. The zero-order valence-corrected chi connectivity index (χ0v) is 15.1. The van der Waals surface area contributed by atoms with E-state index >= 15 is 0 Å². The van der Waals surface area contributed by atoms with Crippen molar-refractivity contribution >= 4 is 11.3 Å². The van der Waals surface area contributed by atoms with Gasteiger partial charge in [0.25, 0.3) is 5.19 Å². The van der Waals surface area contributed by atoms with Crippen LogP contribution in [0.2, 0.25) is 0 Å². The van der Waals surface area contributed by atoms with Crippen LogP contribution in [0, 0.1) is 0 Å². The summed E-state index contributed by atoms with van der Waals surface area (Å²) in [6.07, 6.45) is 2.27. The second kappa shape index (κ2) is 7.81. The number of aromatic nitrogens is 2. The van der Waals surface area contributed by atoms with E-state index < -0.39 is 0 Å². The molecule has 24 heavy (non-hydrogen) atoms. The molecule has 0 radical (unpaired) electrons. The third-order valence-corrected chi connectivity index (χ3v) is 5.04. The second-order valence-electron chi connectivity index (χ2n) is 5.63. The smallest absolute Gasteiger partial charge is 0.294 e. The van der Waals surface area contributed by atoms with Crippen LogP contribution >= 0.6 is 11.3 Å². The quantitative estimate of drug-likeness (QED) is 0.764. The fourth-order valence-electron chi connectivity index (χ4n) is 3.12. The molecule has 0 aliphatic carbocycles. The fraction of sp³-hybridized carbons (Fsp3) is 0.529. The summed E-state index contributed by atoms with van der Waals surface area (Å²) in [6.45, 7) is 4.39. The van der Waals surface area contributed by atoms with Crippen LogP contribution in [0.25, 0.3) is 0 Å². The molecule has 2 heterocycles. The highest BCUT2D eigenvalue weighted by Crippen LogP contribution is 2.39. The van der Waals surface area contributed by atoms with Gasteiger partial charge in [-0.3, -0.25) is 4.90 Å². The summed E-state index contributed by atoms with van der Waals surface area (Å²) >= 11 is 1.52. The first-order chi connectivity index (χ1) is 11.7. The maximum atomic E-state index is 5.58. The monoisotopic (exact) mass is 349 g/mol. The molecule has 1 atom stereocenters. The third-order valence-electron chi connectivity index (χ3n) is 4.22.